The second-order valence-electron chi connectivity index (χ2n) is 8.75. The Kier molecular flexibility index (Phi) is 5.78. The van der Waals surface area contributed by atoms with Crippen LogP contribution in [0.15, 0.2) is 60.7 Å². The van der Waals surface area contributed by atoms with Gasteiger partial charge in [0.2, 0.25) is 0 Å². The molecule has 2 aliphatic rings. The van der Waals surface area contributed by atoms with Crippen molar-refractivity contribution in [2.24, 2.45) is 11.8 Å². The molecule has 0 saturated heterocycles. The molecule has 0 spiro atoms. The first-order chi connectivity index (χ1) is 12.9. The summed E-state index contributed by atoms with van der Waals surface area (Å²) in [6.07, 6.45) is 15.6. The number of benzene rings is 2. The minimum Gasteiger partial charge on any atom is -0.0622 e. The van der Waals surface area contributed by atoms with Gasteiger partial charge in [-0.05, 0) is 42.2 Å². The van der Waals surface area contributed by atoms with Crippen LogP contribution in [0.2, 0.25) is 0 Å². The van der Waals surface area contributed by atoms with Crippen LogP contribution >= 0.6 is 0 Å². The van der Waals surface area contributed by atoms with Crippen molar-refractivity contribution >= 4 is 0 Å². The van der Waals surface area contributed by atoms with Gasteiger partial charge in [0.05, 0.1) is 0 Å². The minimum absolute atomic E-state index is 0.213. The summed E-state index contributed by atoms with van der Waals surface area (Å²) in [6, 6.07) is 23.1. The Balaban J connectivity index is 1.81. The highest BCUT2D eigenvalue weighted by molar-refractivity contribution is 5.41. The van der Waals surface area contributed by atoms with Crippen LogP contribution in [0.5, 0.6) is 0 Å². The molecule has 138 valence electrons. The first kappa shape index (κ1) is 17.8. The fourth-order valence-electron chi connectivity index (χ4n) is 5.95. The predicted octanol–water partition coefficient (Wildman–Crippen LogP) is 7.52. The molecule has 0 unspecified atom stereocenters. The summed E-state index contributed by atoms with van der Waals surface area (Å²) in [7, 11) is 0. The Morgan fingerprint density at radius 2 is 1.04 bits per heavy atom. The lowest BCUT2D eigenvalue weighted by molar-refractivity contribution is 0.180. The van der Waals surface area contributed by atoms with E-state index in [1.54, 1.807) is 11.1 Å². The highest BCUT2D eigenvalue weighted by atomic mass is 14.5. The highest BCUT2D eigenvalue weighted by Crippen LogP contribution is 2.51. The third-order valence-electron chi connectivity index (χ3n) is 7.22. The molecule has 2 saturated carbocycles. The highest BCUT2D eigenvalue weighted by Gasteiger charge is 2.43. The largest absolute Gasteiger partial charge is 0.0622 e. The van der Waals surface area contributed by atoms with E-state index in [-0.39, 0.29) is 5.41 Å². The van der Waals surface area contributed by atoms with Gasteiger partial charge in [-0.1, -0.05) is 112 Å². The summed E-state index contributed by atoms with van der Waals surface area (Å²) in [5, 5.41) is 0. The van der Waals surface area contributed by atoms with Crippen LogP contribution in [0.25, 0.3) is 0 Å². The summed E-state index contributed by atoms with van der Waals surface area (Å²) in [6.45, 7) is 0. The van der Waals surface area contributed by atoms with Crippen LogP contribution in [-0.4, -0.2) is 0 Å². The molecule has 2 aromatic carbocycles. The first-order valence-corrected chi connectivity index (χ1v) is 11.0. The molecule has 0 aromatic heterocycles. The van der Waals surface area contributed by atoms with Gasteiger partial charge < -0.3 is 0 Å². The van der Waals surface area contributed by atoms with E-state index in [4.69, 9.17) is 0 Å². The van der Waals surface area contributed by atoms with Crippen LogP contribution in [0.4, 0.5) is 0 Å². The third-order valence-corrected chi connectivity index (χ3v) is 7.22. The zero-order valence-corrected chi connectivity index (χ0v) is 16.2. The van der Waals surface area contributed by atoms with E-state index in [1.807, 2.05) is 0 Å². The maximum absolute atomic E-state index is 2.42. The van der Waals surface area contributed by atoms with Crippen LogP contribution in [0, 0.1) is 11.8 Å². The van der Waals surface area contributed by atoms with E-state index in [2.05, 4.69) is 60.7 Å². The molecule has 2 aromatic rings. The Morgan fingerprint density at radius 1 is 0.577 bits per heavy atom. The van der Waals surface area contributed by atoms with E-state index >= 15 is 0 Å². The lowest BCUT2D eigenvalue weighted by Crippen LogP contribution is -2.40. The van der Waals surface area contributed by atoms with Gasteiger partial charge in [0.1, 0.15) is 0 Å². The molecule has 0 nitrogen and oxygen atoms in total. The van der Waals surface area contributed by atoms with Crippen LogP contribution in [0.3, 0.4) is 0 Å². The standard InChI is InChI=1S/C26H34/c1-5-13-22(14-6-1)21-26(23-15-7-2-8-16-23,24-17-9-3-10-18-24)25-19-11-4-12-20-25/h2-3,7-10,15-18,22,25H,1,4-6,11-14,19-21H2. The van der Waals surface area contributed by atoms with E-state index in [9.17, 15) is 0 Å². The predicted molar refractivity (Wildman–Crippen MR) is 111 cm³/mol. The molecule has 0 aliphatic heterocycles. The topological polar surface area (TPSA) is 0 Å². The summed E-state index contributed by atoms with van der Waals surface area (Å²) in [5.74, 6) is 1.69. The molecule has 0 amide bonds. The zero-order valence-electron chi connectivity index (χ0n) is 16.2. The Hall–Kier alpha value is -1.56. The lowest BCUT2D eigenvalue weighted by atomic mass is 9.57. The SMILES string of the molecule is c1ccc(C(CC2CCCCC2)(c2ccccc2)C2CCCCC2)cc1. The average molecular weight is 347 g/mol. The van der Waals surface area contributed by atoms with Crippen molar-refractivity contribution in [2.75, 3.05) is 0 Å². The van der Waals surface area contributed by atoms with Gasteiger partial charge in [-0.3, -0.25) is 0 Å². The second-order valence-corrected chi connectivity index (χ2v) is 8.75. The van der Waals surface area contributed by atoms with Crippen molar-refractivity contribution in [1.29, 1.82) is 0 Å². The van der Waals surface area contributed by atoms with Gasteiger partial charge in [-0.25, -0.2) is 0 Å². The quantitative estimate of drug-likeness (QED) is 0.525. The van der Waals surface area contributed by atoms with Gasteiger partial charge in [-0.15, -0.1) is 0 Å². The molecular weight excluding hydrogens is 312 g/mol. The Morgan fingerprint density at radius 3 is 1.54 bits per heavy atom. The van der Waals surface area contributed by atoms with Crippen LogP contribution in [-0.2, 0) is 5.41 Å². The first-order valence-electron chi connectivity index (χ1n) is 11.0. The third kappa shape index (κ3) is 3.61. The maximum atomic E-state index is 2.42. The van der Waals surface area contributed by atoms with E-state index < -0.39 is 0 Å². The molecule has 2 fully saturated rings. The number of hydrogen-bond acceptors (Lipinski definition) is 0. The summed E-state index contributed by atoms with van der Waals surface area (Å²) >= 11 is 0. The molecule has 0 atom stereocenters. The van der Waals surface area contributed by atoms with Crippen LogP contribution < -0.4 is 0 Å². The maximum Gasteiger partial charge on any atom is 0.0233 e. The van der Waals surface area contributed by atoms with Gasteiger partial charge >= 0.3 is 0 Å². The van der Waals surface area contributed by atoms with Gasteiger partial charge in [0, 0.05) is 5.41 Å². The molecule has 26 heavy (non-hydrogen) atoms. The summed E-state index contributed by atoms with van der Waals surface area (Å²) in [4.78, 5) is 0. The number of rotatable bonds is 5. The Bertz CT molecular complexity index is 605. The van der Waals surface area contributed by atoms with Crippen molar-refractivity contribution in [1.82, 2.24) is 0 Å². The molecule has 0 heterocycles. The normalized spacial score (nSPS) is 20.2. The fraction of sp³-hybridized carbons (Fsp3) is 0.538. The molecule has 4 rings (SSSR count). The van der Waals surface area contributed by atoms with Crippen molar-refractivity contribution in [3.8, 4) is 0 Å². The average Bonchev–Trinajstić information content (AvgIpc) is 2.75. The summed E-state index contributed by atoms with van der Waals surface area (Å²) in [5.41, 5.74) is 3.36. The van der Waals surface area contributed by atoms with Crippen molar-refractivity contribution in [3.63, 3.8) is 0 Å². The lowest BCUT2D eigenvalue weighted by Gasteiger charge is -2.46. The number of hydrogen-bond donors (Lipinski definition) is 0. The van der Waals surface area contributed by atoms with Crippen molar-refractivity contribution < 1.29 is 0 Å². The molecule has 0 bridgehead atoms. The minimum atomic E-state index is 0.213. The fourth-order valence-corrected chi connectivity index (χ4v) is 5.95. The Labute approximate surface area is 160 Å². The van der Waals surface area contributed by atoms with E-state index in [0.717, 1.165) is 11.8 Å². The molecule has 0 N–H and O–H groups in total. The van der Waals surface area contributed by atoms with E-state index in [0.29, 0.717) is 0 Å². The van der Waals surface area contributed by atoms with Gasteiger partial charge in [0.15, 0.2) is 0 Å². The monoisotopic (exact) mass is 346 g/mol. The van der Waals surface area contributed by atoms with Gasteiger partial charge in [-0.2, -0.15) is 0 Å². The smallest absolute Gasteiger partial charge is 0.0233 e. The molecule has 0 heteroatoms. The van der Waals surface area contributed by atoms with Crippen molar-refractivity contribution in [2.45, 2.75) is 76.0 Å². The van der Waals surface area contributed by atoms with Crippen molar-refractivity contribution in [3.05, 3.63) is 71.8 Å². The van der Waals surface area contributed by atoms with Gasteiger partial charge in [0.25, 0.3) is 0 Å². The second kappa shape index (κ2) is 8.42. The summed E-state index contributed by atoms with van der Waals surface area (Å²) < 4.78 is 0. The van der Waals surface area contributed by atoms with Crippen LogP contribution in [0.1, 0.15) is 81.8 Å². The molecule has 0 radical (unpaired) electrons. The molecular formula is C26H34. The van der Waals surface area contributed by atoms with E-state index in [1.165, 1.54) is 70.6 Å². The molecule has 2 aliphatic carbocycles. The zero-order chi connectivity index (χ0) is 17.7.